The second-order valence-electron chi connectivity index (χ2n) is 4.00. The Balaban J connectivity index is 2.60. The molecule has 1 N–H and O–H groups in total. The van der Waals surface area contributed by atoms with E-state index in [0.717, 1.165) is 30.3 Å². The average molecular weight is 229 g/mol. The lowest BCUT2D eigenvalue weighted by Gasteiger charge is -2.11. The third-order valence-corrected chi connectivity index (χ3v) is 3.35. The van der Waals surface area contributed by atoms with Crippen molar-refractivity contribution in [1.29, 1.82) is 0 Å². The van der Waals surface area contributed by atoms with Gasteiger partial charge in [0, 0.05) is 7.05 Å². The Morgan fingerprint density at radius 3 is 2.53 bits per heavy atom. The van der Waals surface area contributed by atoms with Gasteiger partial charge in [-0.05, 0) is 18.8 Å². The first-order chi connectivity index (χ1) is 7.11. The SMILES string of the molecule is Cn1c(=O)[nH]c(Cl)c(C2CCCC2)c1=O. The Labute approximate surface area is 91.9 Å². The minimum Gasteiger partial charge on any atom is -0.297 e. The van der Waals surface area contributed by atoms with Crippen LogP contribution in [0.3, 0.4) is 0 Å². The molecule has 0 unspecified atom stereocenters. The maximum atomic E-state index is 11.9. The molecule has 1 aliphatic rings. The Morgan fingerprint density at radius 1 is 1.33 bits per heavy atom. The summed E-state index contributed by atoms with van der Waals surface area (Å²) in [6.07, 6.45) is 4.23. The van der Waals surface area contributed by atoms with Crippen molar-refractivity contribution in [2.45, 2.75) is 31.6 Å². The van der Waals surface area contributed by atoms with Gasteiger partial charge in [0.05, 0.1) is 5.56 Å². The monoisotopic (exact) mass is 228 g/mol. The molecular weight excluding hydrogens is 216 g/mol. The van der Waals surface area contributed by atoms with Gasteiger partial charge in [0.15, 0.2) is 0 Å². The molecule has 0 radical (unpaired) electrons. The predicted molar refractivity (Wildman–Crippen MR) is 58.5 cm³/mol. The molecule has 4 nitrogen and oxygen atoms in total. The summed E-state index contributed by atoms with van der Waals surface area (Å²) in [6, 6.07) is 0. The highest BCUT2D eigenvalue weighted by Gasteiger charge is 2.24. The molecule has 5 heteroatoms. The summed E-state index contributed by atoms with van der Waals surface area (Å²) in [7, 11) is 1.47. The Kier molecular flexibility index (Phi) is 2.69. The lowest BCUT2D eigenvalue weighted by Crippen LogP contribution is -2.35. The second kappa shape index (κ2) is 3.85. The van der Waals surface area contributed by atoms with E-state index in [2.05, 4.69) is 4.98 Å². The quantitative estimate of drug-likeness (QED) is 0.739. The molecule has 0 spiro atoms. The van der Waals surface area contributed by atoms with Crippen LogP contribution >= 0.6 is 11.6 Å². The fourth-order valence-corrected chi connectivity index (χ4v) is 2.50. The molecule has 2 rings (SSSR count). The number of hydrogen-bond acceptors (Lipinski definition) is 2. The van der Waals surface area contributed by atoms with Crippen LogP contribution in [0.25, 0.3) is 0 Å². The molecule has 1 aliphatic carbocycles. The summed E-state index contributed by atoms with van der Waals surface area (Å²) < 4.78 is 1.08. The largest absolute Gasteiger partial charge is 0.329 e. The van der Waals surface area contributed by atoms with Crippen molar-refractivity contribution in [3.63, 3.8) is 0 Å². The van der Waals surface area contributed by atoms with Crippen LogP contribution in [0.1, 0.15) is 37.2 Å². The first kappa shape index (κ1) is 10.5. The zero-order valence-electron chi connectivity index (χ0n) is 8.55. The molecule has 82 valence electrons. The fraction of sp³-hybridized carbons (Fsp3) is 0.600. The van der Waals surface area contributed by atoms with Crippen molar-refractivity contribution < 1.29 is 0 Å². The summed E-state index contributed by atoms with van der Waals surface area (Å²) in [4.78, 5) is 25.6. The number of aromatic nitrogens is 2. The minimum atomic E-state index is -0.452. The number of rotatable bonds is 1. The molecule has 0 aromatic carbocycles. The van der Waals surface area contributed by atoms with Crippen LogP contribution < -0.4 is 11.2 Å². The highest BCUT2D eigenvalue weighted by molar-refractivity contribution is 6.30. The van der Waals surface area contributed by atoms with E-state index in [0.29, 0.717) is 5.56 Å². The molecular formula is C10H13ClN2O2. The number of H-pyrrole nitrogens is 1. The molecule has 15 heavy (non-hydrogen) atoms. The molecule has 0 saturated heterocycles. The third-order valence-electron chi connectivity index (χ3n) is 3.06. The molecule has 0 amide bonds. The van der Waals surface area contributed by atoms with Crippen LogP contribution in [0.2, 0.25) is 5.15 Å². The van der Waals surface area contributed by atoms with E-state index in [1.54, 1.807) is 0 Å². The van der Waals surface area contributed by atoms with Crippen molar-refractivity contribution >= 4 is 11.6 Å². The van der Waals surface area contributed by atoms with Gasteiger partial charge in [0.1, 0.15) is 5.15 Å². The number of nitrogens with zero attached hydrogens (tertiary/aromatic N) is 1. The van der Waals surface area contributed by atoms with Crippen LogP contribution in [0.5, 0.6) is 0 Å². The molecule has 0 aliphatic heterocycles. The third kappa shape index (κ3) is 1.74. The van der Waals surface area contributed by atoms with Crippen LogP contribution in [-0.2, 0) is 7.05 Å². The maximum absolute atomic E-state index is 11.9. The van der Waals surface area contributed by atoms with Gasteiger partial charge < -0.3 is 0 Å². The van der Waals surface area contributed by atoms with E-state index in [1.165, 1.54) is 7.05 Å². The first-order valence-corrected chi connectivity index (χ1v) is 5.47. The van der Waals surface area contributed by atoms with Gasteiger partial charge in [0.2, 0.25) is 0 Å². The number of halogens is 1. The average Bonchev–Trinajstić information content (AvgIpc) is 2.68. The lowest BCUT2D eigenvalue weighted by molar-refractivity contribution is 0.669. The summed E-state index contributed by atoms with van der Waals surface area (Å²) in [5, 5.41) is 0.218. The standard InChI is InChI=1S/C10H13ClN2O2/c1-13-9(14)7(6-4-2-3-5-6)8(11)12-10(13)15/h6H,2-5H2,1H3,(H,12,15). The van der Waals surface area contributed by atoms with Gasteiger partial charge in [-0.2, -0.15) is 0 Å². The highest BCUT2D eigenvalue weighted by Crippen LogP contribution is 2.34. The summed E-state index contributed by atoms with van der Waals surface area (Å²) >= 11 is 5.92. The lowest BCUT2D eigenvalue weighted by atomic mass is 10.0. The zero-order valence-corrected chi connectivity index (χ0v) is 9.30. The Morgan fingerprint density at radius 2 is 1.93 bits per heavy atom. The number of nitrogens with one attached hydrogen (secondary N) is 1. The van der Waals surface area contributed by atoms with Gasteiger partial charge in [0.25, 0.3) is 5.56 Å². The molecule has 1 aromatic heterocycles. The smallest absolute Gasteiger partial charge is 0.297 e. The minimum absolute atomic E-state index is 0.216. The predicted octanol–water partition coefficient (Wildman–Crippen LogP) is 1.38. The van der Waals surface area contributed by atoms with Crippen molar-refractivity contribution in [2.75, 3.05) is 0 Å². The highest BCUT2D eigenvalue weighted by atomic mass is 35.5. The topological polar surface area (TPSA) is 54.9 Å². The van der Waals surface area contributed by atoms with E-state index in [-0.39, 0.29) is 16.6 Å². The molecule has 0 atom stereocenters. The van der Waals surface area contributed by atoms with E-state index in [1.807, 2.05) is 0 Å². The molecule has 1 aromatic rings. The van der Waals surface area contributed by atoms with Crippen LogP contribution in [0.4, 0.5) is 0 Å². The van der Waals surface area contributed by atoms with E-state index >= 15 is 0 Å². The second-order valence-corrected chi connectivity index (χ2v) is 4.38. The van der Waals surface area contributed by atoms with Gasteiger partial charge >= 0.3 is 5.69 Å². The first-order valence-electron chi connectivity index (χ1n) is 5.10. The maximum Gasteiger partial charge on any atom is 0.329 e. The van der Waals surface area contributed by atoms with E-state index < -0.39 is 5.69 Å². The van der Waals surface area contributed by atoms with Crippen LogP contribution in [0.15, 0.2) is 9.59 Å². The summed E-state index contributed by atoms with van der Waals surface area (Å²) in [5.74, 6) is 0.216. The summed E-state index contributed by atoms with van der Waals surface area (Å²) in [6.45, 7) is 0. The number of hydrogen-bond donors (Lipinski definition) is 1. The zero-order chi connectivity index (χ0) is 11.0. The summed E-state index contributed by atoms with van der Waals surface area (Å²) in [5.41, 5.74) is -0.126. The molecule has 1 fully saturated rings. The van der Waals surface area contributed by atoms with Gasteiger partial charge in [-0.15, -0.1) is 0 Å². The van der Waals surface area contributed by atoms with E-state index in [4.69, 9.17) is 11.6 Å². The van der Waals surface area contributed by atoms with E-state index in [9.17, 15) is 9.59 Å². The van der Waals surface area contributed by atoms with Crippen molar-refractivity contribution in [3.05, 3.63) is 31.6 Å². The number of aromatic amines is 1. The van der Waals surface area contributed by atoms with Crippen molar-refractivity contribution in [1.82, 2.24) is 9.55 Å². The van der Waals surface area contributed by atoms with Crippen LogP contribution in [0, 0.1) is 0 Å². The molecule has 1 heterocycles. The normalized spacial score (nSPS) is 17.2. The van der Waals surface area contributed by atoms with Gasteiger partial charge in [-0.1, -0.05) is 24.4 Å². The Hall–Kier alpha value is -1.03. The Bertz CT molecular complexity index is 483. The fourth-order valence-electron chi connectivity index (χ4n) is 2.18. The van der Waals surface area contributed by atoms with Crippen molar-refractivity contribution in [3.8, 4) is 0 Å². The molecule has 1 saturated carbocycles. The van der Waals surface area contributed by atoms with Crippen LogP contribution in [-0.4, -0.2) is 9.55 Å². The van der Waals surface area contributed by atoms with Gasteiger partial charge in [-0.3, -0.25) is 14.3 Å². The molecule has 0 bridgehead atoms. The van der Waals surface area contributed by atoms with Gasteiger partial charge in [-0.25, -0.2) is 4.79 Å². The van der Waals surface area contributed by atoms with Crippen molar-refractivity contribution in [2.24, 2.45) is 7.05 Å².